The topological polar surface area (TPSA) is 40.6 Å². The van der Waals surface area contributed by atoms with Crippen molar-refractivity contribution in [2.75, 3.05) is 39.3 Å². The van der Waals surface area contributed by atoms with Crippen LogP contribution in [0, 0.1) is 11.8 Å². The van der Waals surface area contributed by atoms with Gasteiger partial charge in [0.1, 0.15) is 0 Å². The molecule has 4 nitrogen and oxygen atoms in total. The van der Waals surface area contributed by atoms with Crippen LogP contribution < -0.4 is 0 Å². The molecule has 210 valence electrons. The average molecular weight is 529 g/mol. The van der Waals surface area contributed by atoms with Crippen molar-refractivity contribution in [1.29, 1.82) is 0 Å². The van der Waals surface area contributed by atoms with Crippen molar-refractivity contribution in [3.05, 3.63) is 58.7 Å². The Bertz CT molecular complexity index is 1050. The lowest BCUT2D eigenvalue weighted by Crippen LogP contribution is -2.31. The molecule has 5 rings (SSSR count). The molecule has 2 unspecified atom stereocenters. The summed E-state index contributed by atoms with van der Waals surface area (Å²) in [5.41, 5.74) is 6.55. The summed E-state index contributed by atoms with van der Waals surface area (Å²) in [6.07, 6.45) is 12.2. The number of fused-ring (bicyclic) bond motifs is 3. The number of ketones is 2. The highest BCUT2D eigenvalue weighted by atomic mass is 16.1. The summed E-state index contributed by atoms with van der Waals surface area (Å²) >= 11 is 0. The van der Waals surface area contributed by atoms with E-state index in [1.807, 2.05) is 12.1 Å². The van der Waals surface area contributed by atoms with E-state index in [4.69, 9.17) is 0 Å². The normalized spacial score (nSPS) is 19.3. The van der Waals surface area contributed by atoms with Gasteiger partial charge in [-0.2, -0.15) is 0 Å². The molecule has 0 radical (unpaired) electrons. The molecule has 1 aliphatic carbocycles. The van der Waals surface area contributed by atoms with Gasteiger partial charge in [0.2, 0.25) is 0 Å². The Labute approximate surface area is 236 Å². The predicted octanol–water partition coefficient (Wildman–Crippen LogP) is 7.43. The second kappa shape index (κ2) is 13.4. The lowest BCUT2D eigenvalue weighted by Gasteiger charge is -2.27. The molecule has 0 spiro atoms. The van der Waals surface area contributed by atoms with Gasteiger partial charge in [-0.15, -0.1) is 0 Å². The Morgan fingerprint density at radius 3 is 1.46 bits per heavy atom. The van der Waals surface area contributed by atoms with E-state index in [1.54, 1.807) is 0 Å². The molecule has 2 fully saturated rings. The van der Waals surface area contributed by atoms with Gasteiger partial charge in [-0.05, 0) is 130 Å². The first-order valence-corrected chi connectivity index (χ1v) is 15.7. The molecule has 2 atom stereocenters. The first kappa shape index (κ1) is 28.2. The van der Waals surface area contributed by atoms with E-state index in [0.29, 0.717) is 24.7 Å². The minimum atomic E-state index is 0.259. The lowest BCUT2D eigenvalue weighted by atomic mass is 9.94. The van der Waals surface area contributed by atoms with E-state index < -0.39 is 0 Å². The standard InChI is InChI=1S/C35H48N2O2/c1-26(13-19-36-15-5-3-6-16-36)21-34(38)28-9-11-32-30(23-28)25-31-24-29(10-12-33(31)32)35(39)22-27(2)14-20-37-17-7-4-8-18-37/h9-12,23-24,26-27H,3-8,13-22,25H2,1-2H3. The van der Waals surface area contributed by atoms with Crippen LogP contribution in [0.4, 0.5) is 0 Å². The number of carbonyl (C=O) groups is 2. The molecule has 0 amide bonds. The number of hydrogen-bond acceptors (Lipinski definition) is 4. The van der Waals surface area contributed by atoms with Gasteiger partial charge in [0.15, 0.2) is 11.6 Å². The number of hydrogen-bond donors (Lipinski definition) is 0. The van der Waals surface area contributed by atoms with E-state index in [1.165, 1.54) is 87.0 Å². The van der Waals surface area contributed by atoms with Crippen LogP contribution in [0.1, 0.15) is 110 Å². The monoisotopic (exact) mass is 528 g/mol. The fraction of sp³-hybridized carbons (Fsp3) is 0.600. The number of carbonyl (C=O) groups excluding carboxylic acids is 2. The highest BCUT2D eigenvalue weighted by Gasteiger charge is 2.23. The number of nitrogens with zero attached hydrogens (tertiary/aromatic N) is 2. The number of benzene rings is 2. The Kier molecular flexibility index (Phi) is 9.68. The minimum Gasteiger partial charge on any atom is -0.303 e. The zero-order valence-electron chi connectivity index (χ0n) is 24.4. The molecular formula is C35H48N2O2. The Morgan fingerprint density at radius 2 is 1.05 bits per heavy atom. The molecule has 3 aliphatic rings. The van der Waals surface area contributed by atoms with E-state index in [9.17, 15) is 9.59 Å². The van der Waals surface area contributed by atoms with Gasteiger partial charge in [0.05, 0.1) is 0 Å². The third kappa shape index (κ3) is 7.46. The number of piperidine rings is 2. The maximum Gasteiger partial charge on any atom is 0.163 e. The molecule has 0 aromatic heterocycles. The number of rotatable bonds is 12. The van der Waals surface area contributed by atoms with Crippen molar-refractivity contribution < 1.29 is 9.59 Å². The van der Waals surface area contributed by atoms with Crippen molar-refractivity contribution in [3.8, 4) is 11.1 Å². The van der Waals surface area contributed by atoms with Gasteiger partial charge in [-0.1, -0.05) is 51.0 Å². The second-order valence-electron chi connectivity index (χ2n) is 12.8. The van der Waals surface area contributed by atoms with Gasteiger partial charge in [-0.25, -0.2) is 0 Å². The van der Waals surface area contributed by atoms with Crippen LogP contribution in [0.15, 0.2) is 36.4 Å². The van der Waals surface area contributed by atoms with Crippen LogP contribution in [0.25, 0.3) is 11.1 Å². The summed E-state index contributed by atoms with van der Waals surface area (Å²) in [5, 5.41) is 0. The molecular weight excluding hydrogens is 480 g/mol. The average Bonchev–Trinajstić information content (AvgIpc) is 3.33. The SMILES string of the molecule is CC(CCN1CCCCC1)CC(=O)c1ccc2c(c1)Cc1cc(C(=O)CC(C)CCN3CCCCC3)ccc1-2. The molecule has 2 saturated heterocycles. The number of likely N-dealkylation sites (tertiary alicyclic amines) is 2. The van der Waals surface area contributed by atoms with Crippen molar-refractivity contribution >= 4 is 11.6 Å². The molecule has 2 aliphatic heterocycles. The largest absolute Gasteiger partial charge is 0.303 e. The Morgan fingerprint density at radius 1 is 0.641 bits per heavy atom. The Balaban J connectivity index is 1.13. The van der Waals surface area contributed by atoms with Gasteiger partial charge < -0.3 is 9.80 Å². The van der Waals surface area contributed by atoms with Crippen LogP contribution in [0.5, 0.6) is 0 Å². The quantitative estimate of drug-likeness (QED) is 0.229. The predicted molar refractivity (Wildman–Crippen MR) is 161 cm³/mol. The van der Waals surface area contributed by atoms with Gasteiger partial charge in [0.25, 0.3) is 0 Å². The molecule has 0 N–H and O–H groups in total. The molecule has 0 bridgehead atoms. The van der Waals surface area contributed by atoms with Gasteiger partial charge in [-0.3, -0.25) is 9.59 Å². The smallest absolute Gasteiger partial charge is 0.163 e. The summed E-state index contributed by atoms with van der Waals surface area (Å²) in [7, 11) is 0. The minimum absolute atomic E-state index is 0.259. The summed E-state index contributed by atoms with van der Waals surface area (Å²) < 4.78 is 0. The van der Waals surface area contributed by atoms with Gasteiger partial charge >= 0.3 is 0 Å². The van der Waals surface area contributed by atoms with Crippen molar-refractivity contribution in [2.45, 2.75) is 84.5 Å². The van der Waals surface area contributed by atoms with Crippen molar-refractivity contribution in [1.82, 2.24) is 9.80 Å². The zero-order chi connectivity index (χ0) is 27.2. The third-order valence-electron chi connectivity index (χ3n) is 9.37. The summed E-state index contributed by atoms with van der Waals surface area (Å²) in [6.45, 7) is 11.6. The Hall–Kier alpha value is -2.30. The highest BCUT2D eigenvalue weighted by Crippen LogP contribution is 2.38. The maximum atomic E-state index is 13.1. The summed E-state index contributed by atoms with van der Waals surface area (Å²) in [4.78, 5) is 31.4. The number of Topliss-reactive ketones (excluding diaryl/α,β-unsaturated/α-hetero) is 2. The fourth-order valence-corrected chi connectivity index (χ4v) is 6.80. The van der Waals surface area contributed by atoms with E-state index in [0.717, 1.165) is 43.5 Å². The molecule has 2 aromatic carbocycles. The van der Waals surface area contributed by atoms with E-state index in [2.05, 4.69) is 47.9 Å². The van der Waals surface area contributed by atoms with Crippen LogP contribution in [-0.4, -0.2) is 60.6 Å². The fourth-order valence-electron chi connectivity index (χ4n) is 6.80. The summed E-state index contributed by atoms with van der Waals surface area (Å²) in [6, 6.07) is 12.5. The second-order valence-corrected chi connectivity index (χ2v) is 12.8. The van der Waals surface area contributed by atoms with Crippen LogP contribution in [0.3, 0.4) is 0 Å². The lowest BCUT2D eigenvalue weighted by molar-refractivity contribution is 0.0950. The molecule has 4 heteroatoms. The van der Waals surface area contributed by atoms with Crippen LogP contribution >= 0.6 is 0 Å². The maximum absolute atomic E-state index is 13.1. The van der Waals surface area contributed by atoms with Crippen molar-refractivity contribution in [2.24, 2.45) is 11.8 Å². The first-order valence-electron chi connectivity index (χ1n) is 15.7. The summed E-state index contributed by atoms with van der Waals surface area (Å²) in [5.74, 6) is 1.32. The van der Waals surface area contributed by atoms with E-state index in [-0.39, 0.29) is 11.6 Å². The van der Waals surface area contributed by atoms with Crippen LogP contribution in [0.2, 0.25) is 0 Å². The van der Waals surface area contributed by atoms with E-state index >= 15 is 0 Å². The van der Waals surface area contributed by atoms with Crippen molar-refractivity contribution in [3.63, 3.8) is 0 Å². The molecule has 39 heavy (non-hydrogen) atoms. The molecule has 0 saturated carbocycles. The molecule has 2 heterocycles. The van der Waals surface area contributed by atoms with Gasteiger partial charge in [0, 0.05) is 24.0 Å². The first-order chi connectivity index (χ1) is 19.0. The zero-order valence-corrected chi connectivity index (χ0v) is 24.4. The van der Waals surface area contributed by atoms with Crippen LogP contribution in [-0.2, 0) is 6.42 Å². The molecule has 2 aromatic rings. The highest BCUT2D eigenvalue weighted by molar-refractivity contribution is 5.99. The third-order valence-corrected chi connectivity index (χ3v) is 9.37.